The van der Waals surface area contributed by atoms with Gasteiger partial charge < -0.3 is 14.6 Å². The van der Waals surface area contributed by atoms with Crippen molar-refractivity contribution in [2.24, 2.45) is 0 Å². The van der Waals surface area contributed by atoms with E-state index >= 15 is 0 Å². The monoisotopic (exact) mass is 268 g/mol. The fourth-order valence-corrected chi connectivity index (χ4v) is 1.14. The number of alkyl halides is 3. The first-order valence-electron chi connectivity index (χ1n) is 4.53. The van der Waals surface area contributed by atoms with Gasteiger partial charge in [0.25, 0.3) is 0 Å². The zero-order valence-corrected chi connectivity index (χ0v) is 9.05. The number of carboxylic acids is 1. The lowest BCUT2D eigenvalue weighted by Gasteiger charge is -2.12. The van der Waals surface area contributed by atoms with E-state index in [0.717, 1.165) is 0 Å². The van der Waals surface area contributed by atoms with E-state index < -0.39 is 41.6 Å². The first-order chi connectivity index (χ1) is 8.27. The van der Waals surface area contributed by atoms with Crippen LogP contribution < -0.4 is 4.74 Å². The minimum absolute atomic E-state index is 0.206. The van der Waals surface area contributed by atoms with Crippen LogP contribution in [0.5, 0.6) is 5.75 Å². The van der Waals surface area contributed by atoms with Crippen LogP contribution in [0.1, 0.15) is 15.9 Å². The van der Waals surface area contributed by atoms with Crippen molar-refractivity contribution in [3.63, 3.8) is 0 Å². The molecule has 4 nitrogen and oxygen atoms in total. The maximum atomic E-state index is 13.5. The molecule has 18 heavy (non-hydrogen) atoms. The SMILES string of the molecule is COCOc1cc(C(F)(F)F)cc(C(=O)O)c1F. The Morgan fingerprint density at radius 3 is 2.44 bits per heavy atom. The van der Waals surface area contributed by atoms with Crippen LogP contribution in [0, 0.1) is 5.82 Å². The van der Waals surface area contributed by atoms with Crippen molar-refractivity contribution >= 4 is 5.97 Å². The van der Waals surface area contributed by atoms with Gasteiger partial charge in [-0.3, -0.25) is 0 Å². The van der Waals surface area contributed by atoms with Crippen molar-refractivity contribution in [1.29, 1.82) is 0 Å². The molecule has 0 spiro atoms. The van der Waals surface area contributed by atoms with E-state index in [4.69, 9.17) is 5.11 Å². The van der Waals surface area contributed by atoms with Crippen molar-refractivity contribution in [2.75, 3.05) is 13.9 Å². The number of rotatable bonds is 4. The Kier molecular flexibility index (Phi) is 4.12. The van der Waals surface area contributed by atoms with Crippen LogP contribution in [0.4, 0.5) is 17.6 Å². The summed E-state index contributed by atoms with van der Waals surface area (Å²) in [5.74, 6) is -4.03. The van der Waals surface area contributed by atoms with E-state index in [9.17, 15) is 22.4 Å². The van der Waals surface area contributed by atoms with Gasteiger partial charge in [-0.15, -0.1) is 0 Å². The molecule has 0 atom stereocenters. The average molecular weight is 268 g/mol. The van der Waals surface area contributed by atoms with Crippen LogP contribution in [-0.2, 0) is 10.9 Å². The molecule has 0 aliphatic carbocycles. The van der Waals surface area contributed by atoms with Crippen molar-refractivity contribution in [1.82, 2.24) is 0 Å². The summed E-state index contributed by atoms with van der Waals surface area (Å²) in [6.45, 7) is -0.503. The second-order valence-electron chi connectivity index (χ2n) is 3.19. The van der Waals surface area contributed by atoms with Gasteiger partial charge >= 0.3 is 12.1 Å². The van der Waals surface area contributed by atoms with Gasteiger partial charge in [0.15, 0.2) is 18.4 Å². The van der Waals surface area contributed by atoms with Gasteiger partial charge in [-0.1, -0.05) is 0 Å². The molecule has 1 aromatic carbocycles. The van der Waals surface area contributed by atoms with Gasteiger partial charge in [0.05, 0.1) is 11.1 Å². The third-order valence-electron chi connectivity index (χ3n) is 1.93. The largest absolute Gasteiger partial charge is 0.478 e. The van der Waals surface area contributed by atoms with Gasteiger partial charge in [0, 0.05) is 7.11 Å². The molecule has 0 aliphatic heterocycles. The predicted octanol–water partition coefficient (Wildman–Crippen LogP) is 2.53. The van der Waals surface area contributed by atoms with Gasteiger partial charge in [-0.05, 0) is 12.1 Å². The fraction of sp³-hybridized carbons (Fsp3) is 0.300. The standard InChI is InChI=1S/C10H8F4O4/c1-17-4-18-7-3-5(10(12,13)14)2-6(8(7)11)9(15)16/h2-3H,4H2,1H3,(H,15,16). The highest BCUT2D eigenvalue weighted by atomic mass is 19.4. The zero-order valence-electron chi connectivity index (χ0n) is 9.05. The molecule has 0 saturated heterocycles. The lowest BCUT2D eigenvalue weighted by molar-refractivity contribution is -0.137. The van der Waals surface area contributed by atoms with Crippen LogP contribution >= 0.6 is 0 Å². The Labute approximate surface area is 98.7 Å². The number of methoxy groups -OCH3 is 1. The van der Waals surface area contributed by atoms with Crippen LogP contribution in [0.2, 0.25) is 0 Å². The Hall–Kier alpha value is -1.83. The normalized spacial score (nSPS) is 11.4. The highest BCUT2D eigenvalue weighted by Crippen LogP contribution is 2.34. The number of aromatic carboxylic acids is 1. The van der Waals surface area contributed by atoms with Gasteiger partial charge in [-0.25, -0.2) is 9.18 Å². The molecule has 1 aromatic rings. The smallest absolute Gasteiger partial charge is 0.416 e. The van der Waals surface area contributed by atoms with E-state index in [1.54, 1.807) is 0 Å². The average Bonchev–Trinajstić information content (AvgIpc) is 2.25. The number of carboxylic acid groups (broad SMARTS) is 1. The number of hydrogen-bond acceptors (Lipinski definition) is 3. The lowest BCUT2D eigenvalue weighted by atomic mass is 10.1. The van der Waals surface area contributed by atoms with E-state index in [-0.39, 0.29) is 6.07 Å². The lowest BCUT2D eigenvalue weighted by Crippen LogP contribution is -2.12. The summed E-state index contributed by atoms with van der Waals surface area (Å²) in [6.07, 6.45) is -4.80. The Bertz CT molecular complexity index is 456. The van der Waals surface area contributed by atoms with E-state index in [1.807, 2.05) is 0 Å². The number of benzene rings is 1. The summed E-state index contributed by atoms with van der Waals surface area (Å²) in [5, 5.41) is 8.61. The first kappa shape index (κ1) is 14.2. The highest BCUT2D eigenvalue weighted by Gasteiger charge is 2.33. The topological polar surface area (TPSA) is 55.8 Å². The molecule has 0 saturated carbocycles. The molecular formula is C10H8F4O4. The minimum atomic E-state index is -4.80. The molecule has 0 aromatic heterocycles. The molecule has 100 valence electrons. The molecule has 0 radical (unpaired) electrons. The van der Waals surface area contributed by atoms with E-state index in [0.29, 0.717) is 6.07 Å². The highest BCUT2D eigenvalue weighted by molar-refractivity contribution is 5.88. The maximum absolute atomic E-state index is 13.5. The van der Waals surface area contributed by atoms with Crippen molar-refractivity contribution in [3.8, 4) is 5.75 Å². The summed E-state index contributed by atoms with van der Waals surface area (Å²) in [4.78, 5) is 10.6. The summed E-state index contributed by atoms with van der Waals surface area (Å²) in [5.41, 5.74) is -2.43. The maximum Gasteiger partial charge on any atom is 0.416 e. The van der Waals surface area contributed by atoms with Gasteiger partial charge in [0.1, 0.15) is 0 Å². The molecule has 1 N–H and O–H groups in total. The van der Waals surface area contributed by atoms with Crippen LogP contribution in [-0.4, -0.2) is 25.0 Å². The molecule has 8 heteroatoms. The van der Waals surface area contributed by atoms with Gasteiger partial charge in [-0.2, -0.15) is 13.2 Å². The van der Waals surface area contributed by atoms with Gasteiger partial charge in [0.2, 0.25) is 0 Å². The minimum Gasteiger partial charge on any atom is -0.478 e. The third kappa shape index (κ3) is 3.10. The predicted molar refractivity (Wildman–Crippen MR) is 50.9 cm³/mol. The molecule has 0 unspecified atom stereocenters. The summed E-state index contributed by atoms with van der Waals surface area (Å²) < 4.78 is 59.8. The van der Waals surface area contributed by atoms with Crippen molar-refractivity contribution in [3.05, 3.63) is 29.1 Å². The molecule has 0 heterocycles. The second kappa shape index (κ2) is 5.21. The third-order valence-corrected chi connectivity index (χ3v) is 1.93. The summed E-state index contributed by atoms with van der Waals surface area (Å²) in [7, 11) is 1.18. The molecule has 0 amide bonds. The molecule has 0 aliphatic rings. The van der Waals surface area contributed by atoms with Crippen molar-refractivity contribution < 1.29 is 36.9 Å². The number of carbonyl (C=O) groups is 1. The molecular weight excluding hydrogens is 260 g/mol. The Morgan fingerprint density at radius 2 is 2.00 bits per heavy atom. The quantitative estimate of drug-likeness (QED) is 0.673. The van der Waals surface area contributed by atoms with Crippen molar-refractivity contribution in [2.45, 2.75) is 6.18 Å². The Morgan fingerprint density at radius 1 is 1.39 bits per heavy atom. The molecule has 0 fully saturated rings. The van der Waals surface area contributed by atoms with Crippen LogP contribution in [0.25, 0.3) is 0 Å². The summed E-state index contributed by atoms with van der Waals surface area (Å²) >= 11 is 0. The molecule has 0 bridgehead atoms. The first-order valence-corrected chi connectivity index (χ1v) is 4.53. The Balaban J connectivity index is 3.32. The van der Waals surface area contributed by atoms with E-state index in [1.165, 1.54) is 7.11 Å². The second-order valence-corrected chi connectivity index (χ2v) is 3.19. The number of ether oxygens (including phenoxy) is 2. The molecule has 1 rings (SSSR count). The van der Waals surface area contributed by atoms with Crippen LogP contribution in [0.3, 0.4) is 0 Å². The number of halogens is 4. The number of hydrogen-bond donors (Lipinski definition) is 1. The van der Waals surface area contributed by atoms with Crippen LogP contribution in [0.15, 0.2) is 12.1 Å². The van der Waals surface area contributed by atoms with E-state index in [2.05, 4.69) is 9.47 Å². The zero-order chi connectivity index (χ0) is 13.9. The summed E-state index contributed by atoms with van der Waals surface area (Å²) in [6, 6.07) is 0.581. The fourth-order valence-electron chi connectivity index (χ4n) is 1.14.